The molecule has 3 N–H and O–H groups in total. The number of pyridine rings is 3. The Morgan fingerprint density at radius 1 is 1.09 bits per heavy atom. The van der Waals surface area contributed by atoms with Crippen molar-refractivity contribution in [2.75, 3.05) is 6.54 Å². The second-order valence-electron chi connectivity index (χ2n) is 7.77. The lowest BCUT2D eigenvalue weighted by molar-refractivity contribution is 0.657. The van der Waals surface area contributed by atoms with Crippen molar-refractivity contribution < 1.29 is 4.39 Å². The van der Waals surface area contributed by atoms with Crippen LogP contribution in [0.4, 0.5) is 4.39 Å². The SMILES string of the molecule is CCNCc1cncc(-c2ccc3[nH]nc(-c4nc5nccc(-c6ccc(F)s6)c5[nH]4)c3n2)c1. The summed E-state index contributed by atoms with van der Waals surface area (Å²) < 4.78 is 13.6. The number of nitrogens with one attached hydrogen (secondary N) is 3. The van der Waals surface area contributed by atoms with Crippen LogP contribution in [0.3, 0.4) is 0 Å². The summed E-state index contributed by atoms with van der Waals surface area (Å²) in [5.41, 5.74) is 7.00. The maximum absolute atomic E-state index is 13.6. The lowest BCUT2D eigenvalue weighted by atomic mass is 10.1. The van der Waals surface area contributed by atoms with Gasteiger partial charge >= 0.3 is 0 Å². The third-order valence-corrected chi connectivity index (χ3v) is 6.44. The molecule has 0 spiro atoms. The average molecular weight is 471 g/mol. The Balaban J connectivity index is 1.44. The van der Waals surface area contributed by atoms with Gasteiger partial charge in [0.2, 0.25) is 0 Å². The second-order valence-corrected chi connectivity index (χ2v) is 8.81. The van der Waals surface area contributed by atoms with Gasteiger partial charge in [0.1, 0.15) is 5.52 Å². The maximum Gasteiger partial charge on any atom is 0.178 e. The van der Waals surface area contributed by atoms with E-state index in [0.29, 0.717) is 22.7 Å². The van der Waals surface area contributed by atoms with E-state index in [1.54, 1.807) is 18.5 Å². The van der Waals surface area contributed by atoms with Crippen LogP contribution in [-0.4, -0.2) is 41.7 Å². The zero-order chi connectivity index (χ0) is 23.1. The molecule has 168 valence electrons. The van der Waals surface area contributed by atoms with Gasteiger partial charge in [0, 0.05) is 41.1 Å². The molecule has 6 aromatic rings. The van der Waals surface area contributed by atoms with Crippen LogP contribution in [0.2, 0.25) is 0 Å². The third kappa shape index (κ3) is 3.62. The van der Waals surface area contributed by atoms with Gasteiger partial charge in [0.25, 0.3) is 0 Å². The van der Waals surface area contributed by atoms with Crippen LogP contribution in [0, 0.1) is 5.13 Å². The van der Waals surface area contributed by atoms with Gasteiger partial charge in [-0.15, -0.1) is 11.3 Å². The highest BCUT2D eigenvalue weighted by Gasteiger charge is 2.18. The first-order valence-electron chi connectivity index (χ1n) is 10.8. The molecule has 6 heterocycles. The molecular formula is C24H19FN8S. The van der Waals surface area contributed by atoms with E-state index in [1.807, 2.05) is 24.4 Å². The molecule has 0 saturated carbocycles. The molecule has 6 aromatic heterocycles. The maximum atomic E-state index is 13.6. The van der Waals surface area contributed by atoms with Crippen molar-refractivity contribution in [1.29, 1.82) is 0 Å². The van der Waals surface area contributed by atoms with Crippen molar-refractivity contribution in [3.63, 3.8) is 0 Å². The van der Waals surface area contributed by atoms with Gasteiger partial charge in [-0.1, -0.05) is 6.92 Å². The number of aromatic nitrogens is 7. The summed E-state index contributed by atoms with van der Waals surface area (Å²) >= 11 is 1.08. The first-order chi connectivity index (χ1) is 16.7. The fourth-order valence-corrected chi connectivity index (χ4v) is 4.67. The van der Waals surface area contributed by atoms with E-state index in [-0.39, 0.29) is 5.13 Å². The molecule has 8 nitrogen and oxygen atoms in total. The van der Waals surface area contributed by atoms with Gasteiger partial charge < -0.3 is 10.3 Å². The van der Waals surface area contributed by atoms with Gasteiger partial charge in [0.05, 0.1) is 16.7 Å². The van der Waals surface area contributed by atoms with E-state index < -0.39 is 0 Å². The number of nitrogens with zero attached hydrogens (tertiary/aromatic N) is 5. The van der Waals surface area contributed by atoms with Crippen LogP contribution in [0.15, 0.2) is 55.0 Å². The number of fused-ring (bicyclic) bond motifs is 2. The number of thiophene rings is 1. The van der Waals surface area contributed by atoms with Gasteiger partial charge in [-0.3, -0.25) is 10.1 Å². The standard InChI is InChI=1S/C24H19FN8S/c1-2-26-10-13-9-14(12-27-11-13)16-3-4-17-21(29-16)22(33-32-17)24-30-20-15(7-8-28-23(20)31-24)18-5-6-19(25)34-18/h3-9,11-12,26H,2,10H2,1H3,(H,32,33)(H,28,30,31). The Morgan fingerprint density at radius 3 is 2.88 bits per heavy atom. The minimum Gasteiger partial charge on any atom is -0.335 e. The topological polar surface area (TPSA) is 108 Å². The molecule has 0 atom stereocenters. The third-order valence-electron chi connectivity index (χ3n) is 5.53. The van der Waals surface area contributed by atoms with Gasteiger partial charge in [0.15, 0.2) is 22.3 Å². The molecule has 0 aliphatic carbocycles. The van der Waals surface area contributed by atoms with E-state index in [2.05, 4.69) is 48.4 Å². The summed E-state index contributed by atoms with van der Waals surface area (Å²) in [6.07, 6.45) is 5.33. The summed E-state index contributed by atoms with van der Waals surface area (Å²) in [4.78, 5) is 22.4. The summed E-state index contributed by atoms with van der Waals surface area (Å²) in [6.45, 7) is 3.71. The molecule has 10 heteroatoms. The molecule has 0 aromatic carbocycles. The van der Waals surface area contributed by atoms with Crippen molar-refractivity contribution in [3.8, 4) is 33.2 Å². The van der Waals surface area contributed by atoms with Crippen LogP contribution >= 0.6 is 11.3 Å². The van der Waals surface area contributed by atoms with Crippen LogP contribution in [-0.2, 0) is 6.54 Å². The summed E-state index contributed by atoms with van der Waals surface area (Å²) in [5.74, 6) is 0.543. The predicted octanol–water partition coefficient (Wildman–Crippen LogP) is 4.94. The highest BCUT2D eigenvalue weighted by molar-refractivity contribution is 7.14. The van der Waals surface area contributed by atoms with E-state index in [0.717, 1.165) is 62.7 Å². The Kier molecular flexibility index (Phi) is 5.08. The van der Waals surface area contributed by atoms with Gasteiger partial charge in [-0.25, -0.2) is 15.0 Å². The van der Waals surface area contributed by atoms with Crippen molar-refractivity contribution >= 4 is 33.5 Å². The molecule has 6 rings (SSSR count). The number of H-pyrrole nitrogens is 2. The zero-order valence-electron chi connectivity index (χ0n) is 18.1. The van der Waals surface area contributed by atoms with E-state index in [4.69, 9.17) is 4.98 Å². The fourth-order valence-electron chi connectivity index (χ4n) is 3.91. The fraction of sp³-hybridized carbons (Fsp3) is 0.125. The molecule has 0 aliphatic rings. The minimum absolute atomic E-state index is 0.237. The highest BCUT2D eigenvalue weighted by Crippen LogP contribution is 2.33. The Bertz CT molecular complexity index is 1630. The van der Waals surface area contributed by atoms with Crippen LogP contribution in [0.1, 0.15) is 12.5 Å². The van der Waals surface area contributed by atoms with E-state index in [9.17, 15) is 4.39 Å². The Labute approximate surface area is 197 Å². The van der Waals surface area contributed by atoms with Gasteiger partial charge in [-0.2, -0.15) is 9.49 Å². The normalized spacial score (nSPS) is 11.6. The van der Waals surface area contributed by atoms with Crippen molar-refractivity contribution in [2.45, 2.75) is 13.5 Å². The number of rotatable bonds is 6. The van der Waals surface area contributed by atoms with Crippen molar-refractivity contribution in [3.05, 3.63) is 65.7 Å². The number of halogens is 1. The molecule has 0 aliphatic heterocycles. The predicted molar refractivity (Wildman–Crippen MR) is 131 cm³/mol. The molecular weight excluding hydrogens is 451 g/mol. The lowest BCUT2D eigenvalue weighted by Crippen LogP contribution is -2.11. The minimum atomic E-state index is -0.237. The molecule has 0 fully saturated rings. The second kappa shape index (κ2) is 8.40. The van der Waals surface area contributed by atoms with Gasteiger partial charge in [-0.05, 0) is 48.5 Å². The molecule has 0 radical (unpaired) electrons. The van der Waals surface area contributed by atoms with Crippen molar-refractivity contribution in [1.82, 2.24) is 40.4 Å². The summed E-state index contributed by atoms with van der Waals surface area (Å²) in [7, 11) is 0. The molecule has 0 saturated heterocycles. The Hall–Kier alpha value is -4.02. The number of aromatic amines is 2. The number of hydrogen-bond acceptors (Lipinski definition) is 7. The smallest absolute Gasteiger partial charge is 0.178 e. The van der Waals surface area contributed by atoms with Crippen LogP contribution in [0.25, 0.3) is 55.4 Å². The first-order valence-corrected chi connectivity index (χ1v) is 11.6. The summed E-state index contributed by atoms with van der Waals surface area (Å²) in [5, 5.41) is 10.6. The molecule has 0 unspecified atom stereocenters. The lowest BCUT2D eigenvalue weighted by Gasteiger charge is -2.05. The van der Waals surface area contributed by atoms with E-state index >= 15 is 0 Å². The monoisotopic (exact) mass is 470 g/mol. The highest BCUT2D eigenvalue weighted by atomic mass is 32.1. The molecule has 34 heavy (non-hydrogen) atoms. The Morgan fingerprint density at radius 2 is 2.03 bits per heavy atom. The van der Waals surface area contributed by atoms with Crippen LogP contribution in [0.5, 0.6) is 0 Å². The zero-order valence-corrected chi connectivity index (χ0v) is 18.9. The van der Waals surface area contributed by atoms with Crippen LogP contribution < -0.4 is 5.32 Å². The summed E-state index contributed by atoms with van der Waals surface area (Å²) in [6, 6.07) is 11.0. The van der Waals surface area contributed by atoms with Crippen molar-refractivity contribution in [2.24, 2.45) is 0 Å². The largest absolute Gasteiger partial charge is 0.335 e. The average Bonchev–Trinajstić information content (AvgIpc) is 3.59. The number of hydrogen-bond donors (Lipinski definition) is 3. The molecule has 0 bridgehead atoms. The first kappa shape index (κ1) is 20.6. The van der Waals surface area contributed by atoms with E-state index in [1.165, 1.54) is 6.07 Å². The molecule has 0 amide bonds. The quantitative estimate of drug-likeness (QED) is 0.318. The number of imidazole rings is 1.